The van der Waals surface area contributed by atoms with E-state index in [9.17, 15) is 13.2 Å². The van der Waals surface area contributed by atoms with E-state index in [4.69, 9.17) is 4.74 Å². The summed E-state index contributed by atoms with van der Waals surface area (Å²) in [5.74, 6) is 0.209. The Hall–Kier alpha value is -2.40. The number of para-hydroxylation sites is 1. The number of piperidine rings is 1. The molecule has 2 fully saturated rings. The second-order valence-corrected chi connectivity index (χ2v) is 9.69. The first-order valence-corrected chi connectivity index (χ1v) is 11.9. The summed E-state index contributed by atoms with van der Waals surface area (Å²) in [6, 6.07) is 9.21. The number of ether oxygens (including phenoxy) is 1. The van der Waals surface area contributed by atoms with Crippen molar-refractivity contribution in [2.24, 2.45) is 0 Å². The van der Waals surface area contributed by atoms with Crippen LogP contribution in [0.15, 0.2) is 36.5 Å². The fourth-order valence-corrected chi connectivity index (χ4v) is 5.59. The molecule has 1 aromatic heterocycles. The van der Waals surface area contributed by atoms with Gasteiger partial charge in [-0.3, -0.25) is 4.79 Å². The maximum Gasteiger partial charge on any atom is 0.282 e. The fraction of sp³-hybridized carbons (Fsp3) is 0.476. The summed E-state index contributed by atoms with van der Waals surface area (Å²) < 4.78 is 34.3. The number of aromatic nitrogens is 2. The summed E-state index contributed by atoms with van der Waals surface area (Å²) in [4.78, 5) is 21.6. The monoisotopic (exact) mass is 445 g/mol. The first kappa shape index (κ1) is 21.8. The highest BCUT2D eigenvalue weighted by molar-refractivity contribution is 7.86. The van der Waals surface area contributed by atoms with Gasteiger partial charge < -0.3 is 10.1 Å². The number of carbonyl (C=O) groups is 1. The summed E-state index contributed by atoms with van der Waals surface area (Å²) in [5, 5.41) is 2.84. The lowest BCUT2D eigenvalue weighted by Crippen LogP contribution is -2.51. The lowest BCUT2D eigenvalue weighted by atomic mass is 9.98. The van der Waals surface area contributed by atoms with Crippen molar-refractivity contribution < 1.29 is 17.9 Å². The Kier molecular flexibility index (Phi) is 6.61. The zero-order valence-corrected chi connectivity index (χ0v) is 18.3. The minimum absolute atomic E-state index is 0.102. The zero-order valence-electron chi connectivity index (χ0n) is 17.5. The molecular weight excluding hydrogens is 418 g/mol. The van der Waals surface area contributed by atoms with E-state index in [1.807, 2.05) is 30.3 Å². The maximum absolute atomic E-state index is 13.0. The number of rotatable bonds is 5. The van der Waals surface area contributed by atoms with Crippen LogP contribution in [0.5, 0.6) is 0 Å². The first-order valence-electron chi connectivity index (χ1n) is 10.5. The van der Waals surface area contributed by atoms with Gasteiger partial charge in [0.05, 0.1) is 24.5 Å². The fourth-order valence-electron chi connectivity index (χ4n) is 3.93. The second kappa shape index (κ2) is 9.39. The molecule has 10 heteroatoms. The van der Waals surface area contributed by atoms with E-state index in [0.29, 0.717) is 62.2 Å². The summed E-state index contributed by atoms with van der Waals surface area (Å²) in [5.41, 5.74) is 1.68. The highest BCUT2D eigenvalue weighted by atomic mass is 32.2. The molecule has 2 aliphatic heterocycles. The van der Waals surface area contributed by atoms with Gasteiger partial charge >= 0.3 is 0 Å². The Labute approximate surface area is 182 Å². The molecule has 166 valence electrons. The zero-order chi connectivity index (χ0) is 21.8. The van der Waals surface area contributed by atoms with Crippen LogP contribution in [-0.2, 0) is 14.9 Å². The van der Waals surface area contributed by atoms with Gasteiger partial charge in [0, 0.05) is 44.0 Å². The first-order chi connectivity index (χ1) is 14.9. The molecule has 0 spiro atoms. The van der Waals surface area contributed by atoms with Crippen molar-refractivity contribution in [2.45, 2.75) is 25.7 Å². The predicted molar refractivity (Wildman–Crippen MR) is 116 cm³/mol. The number of nitrogens with one attached hydrogen (secondary N) is 1. The average molecular weight is 446 g/mol. The molecule has 1 N–H and O–H groups in total. The van der Waals surface area contributed by atoms with Crippen LogP contribution < -0.4 is 5.32 Å². The van der Waals surface area contributed by atoms with Crippen molar-refractivity contribution in [3.05, 3.63) is 53.6 Å². The Morgan fingerprint density at radius 1 is 1.13 bits per heavy atom. The third kappa shape index (κ3) is 4.93. The summed E-state index contributed by atoms with van der Waals surface area (Å²) in [6.07, 6.45) is 3.09. The van der Waals surface area contributed by atoms with Crippen molar-refractivity contribution in [3.8, 4) is 0 Å². The van der Waals surface area contributed by atoms with E-state index >= 15 is 0 Å². The molecule has 1 unspecified atom stereocenters. The van der Waals surface area contributed by atoms with Crippen LogP contribution >= 0.6 is 0 Å². The predicted octanol–water partition coefficient (Wildman–Crippen LogP) is 1.79. The van der Waals surface area contributed by atoms with Gasteiger partial charge in [0.2, 0.25) is 0 Å². The number of anilines is 1. The number of hydrogen-bond donors (Lipinski definition) is 1. The van der Waals surface area contributed by atoms with Crippen molar-refractivity contribution in [3.63, 3.8) is 0 Å². The molecule has 3 heterocycles. The minimum Gasteiger partial charge on any atom is -0.379 e. The molecule has 0 aliphatic carbocycles. The molecular formula is C21H27N5O4S. The lowest BCUT2D eigenvalue weighted by Gasteiger charge is -2.36. The highest BCUT2D eigenvalue weighted by Gasteiger charge is 2.35. The smallest absolute Gasteiger partial charge is 0.282 e. The molecule has 1 aromatic carbocycles. The topological polar surface area (TPSA) is 105 Å². The second-order valence-electron chi connectivity index (χ2n) is 7.76. The van der Waals surface area contributed by atoms with Gasteiger partial charge in [-0.1, -0.05) is 18.2 Å². The van der Waals surface area contributed by atoms with Crippen LogP contribution in [0.2, 0.25) is 0 Å². The number of aryl methyl sites for hydroxylation is 1. The molecule has 2 aromatic rings. The molecule has 1 amide bonds. The van der Waals surface area contributed by atoms with Gasteiger partial charge in [-0.2, -0.15) is 17.0 Å². The van der Waals surface area contributed by atoms with Crippen LogP contribution in [0.4, 0.5) is 5.69 Å². The molecule has 1 atom stereocenters. The van der Waals surface area contributed by atoms with Gasteiger partial charge in [0.15, 0.2) is 0 Å². The third-order valence-electron chi connectivity index (χ3n) is 5.65. The number of amides is 1. The van der Waals surface area contributed by atoms with Crippen molar-refractivity contribution in [1.29, 1.82) is 0 Å². The van der Waals surface area contributed by atoms with Gasteiger partial charge in [0.1, 0.15) is 5.82 Å². The molecule has 0 bridgehead atoms. The van der Waals surface area contributed by atoms with E-state index < -0.39 is 10.2 Å². The van der Waals surface area contributed by atoms with Gasteiger partial charge in [0.25, 0.3) is 16.1 Å². The normalized spacial score (nSPS) is 21.0. The Bertz CT molecular complexity index is 1030. The summed E-state index contributed by atoms with van der Waals surface area (Å²) >= 11 is 0. The van der Waals surface area contributed by atoms with Crippen LogP contribution in [0.3, 0.4) is 0 Å². The van der Waals surface area contributed by atoms with E-state index in [1.165, 1.54) is 14.8 Å². The van der Waals surface area contributed by atoms with E-state index in [2.05, 4.69) is 15.3 Å². The van der Waals surface area contributed by atoms with Gasteiger partial charge in [-0.25, -0.2) is 9.97 Å². The molecule has 2 aliphatic rings. The van der Waals surface area contributed by atoms with Crippen LogP contribution in [-0.4, -0.2) is 72.3 Å². The molecule has 0 saturated carbocycles. The Morgan fingerprint density at radius 2 is 1.87 bits per heavy atom. The SMILES string of the molecule is Cc1nc(C2CCCN(S(=O)(=O)N3CCOCC3)C2)ncc1C(=O)Nc1ccccc1. The maximum atomic E-state index is 13.0. The molecule has 31 heavy (non-hydrogen) atoms. The molecule has 0 radical (unpaired) electrons. The van der Waals surface area contributed by atoms with Crippen LogP contribution in [0.1, 0.15) is 40.6 Å². The summed E-state index contributed by atoms with van der Waals surface area (Å²) in [6.45, 7) is 4.21. The Morgan fingerprint density at radius 3 is 2.58 bits per heavy atom. The Balaban J connectivity index is 1.46. The minimum atomic E-state index is -3.53. The highest BCUT2D eigenvalue weighted by Crippen LogP contribution is 2.28. The van der Waals surface area contributed by atoms with E-state index in [0.717, 1.165) is 12.8 Å². The van der Waals surface area contributed by atoms with Crippen molar-refractivity contribution >= 4 is 21.8 Å². The number of nitrogens with zero attached hydrogens (tertiary/aromatic N) is 4. The van der Waals surface area contributed by atoms with Gasteiger partial charge in [-0.15, -0.1) is 0 Å². The third-order valence-corrected chi connectivity index (χ3v) is 7.65. The standard InChI is InChI=1S/C21H27N5O4S/c1-16-19(21(27)24-18-7-3-2-4-8-18)14-22-20(23-16)17-6-5-9-26(15-17)31(28,29)25-10-12-30-13-11-25/h2-4,7-8,14,17H,5-6,9-13,15H2,1H3,(H,24,27). The van der Waals surface area contributed by atoms with E-state index in [1.54, 1.807) is 6.92 Å². The van der Waals surface area contributed by atoms with Crippen molar-refractivity contribution in [1.82, 2.24) is 18.6 Å². The number of benzene rings is 1. The van der Waals surface area contributed by atoms with E-state index in [-0.39, 0.29) is 11.8 Å². The number of carbonyl (C=O) groups excluding carboxylic acids is 1. The lowest BCUT2D eigenvalue weighted by molar-refractivity contribution is 0.0695. The molecule has 9 nitrogen and oxygen atoms in total. The van der Waals surface area contributed by atoms with Crippen LogP contribution in [0.25, 0.3) is 0 Å². The quantitative estimate of drug-likeness (QED) is 0.752. The van der Waals surface area contributed by atoms with Crippen LogP contribution in [0, 0.1) is 6.92 Å². The number of hydrogen-bond acceptors (Lipinski definition) is 6. The number of morpholine rings is 1. The molecule has 2 saturated heterocycles. The van der Waals surface area contributed by atoms with Gasteiger partial charge in [-0.05, 0) is 31.9 Å². The average Bonchev–Trinajstić information content (AvgIpc) is 2.80. The molecule has 4 rings (SSSR count). The summed E-state index contributed by atoms with van der Waals surface area (Å²) in [7, 11) is -3.53. The van der Waals surface area contributed by atoms with Crippen molar-refractivity contribution in [2.75, 3.05) is 44.7 Å². The largest absolute Gasteiger partial charge is 0.379 e.